The second kappa shape index (κ2) is 7.13. The van der Waals surface area contributed by atoms with E-state index in [-0.39, 0.29) is 29.2 Å². The van der Waals surface area contributed by atoms with E-state index in [2.05, 4.69) is 0 Å². The summed E-state index contributed by atoms with van der Waals surface area (Å²) in [6, 6.07) is 19.8. The van der Waals surface area contributed by atoms with Gasteiger partial charge in [0, 0.05) is 31.5 Å². The van der Waals surface area contributed by atoms with Crippen molar-refractivity contribution in [3.8, 4) is 0 Å². The smallest absolute Gasteiger partial charge is 0.234 e. The van der Waals surface area contributed by atoms with E-state index in [9.17, 15) is 4.79 Å². The first kappa shape index (κ1) is 15.5. The molecule has 0 fully saturated rings. The van der Waals surface area contributed by atoms with Gasteiger partial charge in [-0.05, 0) is 11.1 Å². The Balaban J connectivity index is 0.00000180. The fraction of sp³-hybridized carbons (Fsp3) is 0.188. The van der Waals surface area contributed by atoms with Gasteiger partial charge < -0.3 is 4.90 Å². The molecule has 19 heavy (non-hydrogen) atoms. The zero-order valence-corrected chi connectivity index (χ0v) is 12.4. The molecule has 0 radical (unpaired) electrons. The summed E-state index contributed by atoms with van der Waals surface area (Å²) in [5, 5.41) is 0. The first-order chi connectivity index (χ1) is 8.70. The first-order valence-electron chi connectivity index (χ1n) is 6.01. The van der Waals surface area contributed by atoms with Crippen molar-refractivity contribution in [3.05, 3.63) is 71.8 Å². The molecule has 0 saturated heterocycles. The van der Waals surface area contributed by atoms with Crippen LogP contribution in [0, 0.1) is 0 Å². The predicted octanol–water partition coefficient (Wildman–Crippen LogP) is 2.90. The number of benzene rings is 2. The first-order valence-corrected chi connectivity index (χ1v) is 6.01. The van der Waals surface area contributed by atoms with Crippen LogP contribution in [0.1, 0.15) is 17.0 Å². The topological polar surface area (TPSA) is 20.3 Å². The standard InChI is InChI=1S/C16H17NO.Cr/c1-17(2)16(18)15(13-9-5-3-6-10-13)14-11-7-4-8-12-14;/h3-12,15H,1-2H3;. The Hall–Kier alpha value is -1.56. The number of nitrogens with zero attached hydrogens (tertiary/aromatic N) is 1. The minimum Gasteiger partial charge on any atom is -0.348 e. The van der Waals surface area contributed by atoms with Crippen LogP contribution in [-0.4, -0.2) is 24.9 Å². The number of rotatable bonds is 3. The van der Waals surface area contributed by atoms with E-state index in [4.69, 9.17) is 0 Å². The molecule has 0 aliphatic carbocycles. The van der Waals surface area contributed by atoms with E-state index in [1.807, 2.05) is 60.7 Å². The summed E-state index contributed by atoms with van der Waals surface area (Å²) in [7, 11) is 3.59. The minimum absolute atomic E-state index is 0. The molecule has 0 saturated carbocycles. The van der Waals surface area contributed by atoms with Gasteiger partial charge in [0.05, 0.1) is 5.92 Å². The van der Waals surface area contributed by atoms with Crippen LogP contribution in [0.5, 0.6) is 0 Å². The maximum Gasteiger partial charge on any atom is 0.234 e. The third kappa shape index (κ3) is 3.70. The molecule has 0 heterocycles. The van der Waals surface area contributed by atoms with Crippen molar-refractivity contribution in [2.75, 3.05) is 14.1 Å². The largest absolute Gasteiger partial charge is 0.348 e. The maximum atomic E-state index is 12.4. The fourth-order valence-electron chi connectivity index (χ4n) is 2.03. The molecule has 0 aliphatic heterocycles. The molecular weight excluding hydrogens is 274 g/mol. The van der Waals surface area contributed by atoms with Gasteiger partial charge >= 0.3 is 0 Å². The number of likely N-dealkylation sites (N-methyl/N-ethyl adjacent to an activating group) is 1. The van der Waals surface area contributed by atoms with Crippen molar-refractivity contribution in [1.29, 1.82) is 0 Å². The van der Waals surface area contributed by atoms with Gasteiger partial charge in [0.2, 0.25) is 5.91 Å². The van der Waals surface area contributed by atoms with Gasteiger partial charge in [-0.25, -0.2) is 0 Å². The molecule has 0 aromatic heterocycles. The SMILES string of the molecule is CN(C)C(=O)C(c1ccccc1)c1ccccc1.[Cr]. The van der Waals surface area contributed by atoms with Crippen LogP contribution in [-0.2, 0) is 22.2 Å². The van der Waals surface area contributed by atoms with Crippen LogP contribution >= 0.6 is 0 Å². The second-order valence-electron chi connectivity index (χ2n) is 4.49. The summed E-state index contributed by atoms with van der Waals surface area (Å²) in [6.45, 7) is 0. The molecule has 2 nitrogen and oxygen atoms in total. The molecule has 0 bridgehead atoms. The number of carbonyl (C=O) groups excluding carboxylic acids is 1. The Bertz CT molecular complexity index is 471. The molecule has 3 heteroatoms. The van der Waals surface area contributed by atoms with Gasteiger partial charge in [0.25, 0.3) is 0 Å². The molecule has 0 spiro atoms. The van der Waals surface area contributed by atoms with Crippen LogP contribution < -0.4 is 0 Å². The Morgan fingerprint density at radius 3 is 1.53 bits per heavy atom. The summed E-state index contributed by atoms with van der Waals surface area (Å²) >= 11 is 0. The number of hydrogen-bond acceptors (Lipinski definition) is 1. The van der Waals surface area contributed by atoms with Gasteiger partial charge in [-0.15, -0.1) is 0 Å². The van der Waals surface area contributed by atoms with Crippen LogP contribution in [0.3, 0.4) is 0 Å². The number of carbonyl (C=O) groups is 1. The summed E-state index contributed by atoms with van der Waals surface area (Å²) in [4.78, 5) is 14.0. The summed E-state index contributed by atoms with van der Waals surface area (Å²) in [5.74, 6) is -0.116. The van der Waals surface area contributed by atoms with Crippen molar-refractivity contribution in [2.45, 2.75) is 5.92 Å². The molecule has 0 aliphatic rings. The van der Waals surface area contributed by atoms with Gasteiger partial charge in [-0.3, -0.25) is 4.79 Å². The molecule has 0 N–H and O–H groups in total. The Labute approximate surface area is 125 Å². The van der Waals surface area contributed by atoms with E-state index < -0.39 is 0 Å². The van der Waals surface area contributed by atoms with E-state index in [0.29, 0.717) is 0 Å². The Morgan fingerprint density at radius 2 is 1.21 bits per heavy atom. The van der Waals surface area contributed by atoms with Crippen LogP contribution in [0.2, 0.25) is 0 Å². The predicted molar refractivity (Wildman–Crippen MR) is 73.4 cm³/mol. The Morgan fingerprint density at radius 1 is 0.842 bits per heavy atom. The molecule has 2 rings (SSSR count). The third-order valence-corrected chi connectivity index (χ3v) is 2.95. The maximum absolute atomic E-state index is 12.4. The van der Waals surface area contributed by atoms with E-state index in [1.165, 1.54) is 0 Å². The second-order valence-corrected chi connectivity index (χ2v) is 4.49. The van der Waals surface area contributed by atoms with Crippen LogP contribution in [0.15, 0.2) is 60.7 Å². The van der Waals surface area contributed by atoms with Gasteiger partial charge in [0.1, 0.15) is 0 Å². The normalized spacial score (nSPS) is 9.84. The third-order valence-electron chi connectivity index (χ3n) is 2.95. The quantitative estimate of drug-likeness (QED) is 0.851. The zero-order valence-electron chi connectivity index (χ0n) is 11.1. The van der Waals surface area contributed by atoms with E-state index in [1.54, 1.807) is 19.0 Å². The summed E-state index contributed by atoms with van der Waals surface area (Å²) in [5.41, 5.74) is 2.06. The van der Waals surface area contributed by atoms with Crippen molar-refractivity contribution in [1.82, 2.24) is 4.90 Å². The van der Waals surface area contributed by atoms with Crippen molar-refractivity contribution < 1.29 is 22.2 Å². The monoisotopic (exact) mass is 291 g/mol. The zero-order chi connectivity index (χ0) is 13.0. The summed E-state index contributed by atoms with van der Waals surface area (Å²) in [6.07, 6.45) is 0. The average molecular weight is 291 g/mol. The van der Waals surface area contributed by atoms with E-state index >= 15 is 0 Å². The molecule has 2 aromatic rings. The average Bonchev–Trinajstić information content (AvgIpc) is 2.41. The molecule has 98 valence electrons. The number of hydrogen-bond donors (Lipinski definition) is 0. The molecule has 0 atom stereocenters. The van der Waals surface area contributed by atoms with Gasteiger partial charge in [0.15, 0.2) is 0 Å². The molecule has 0 unspecified atom stereocenters. The van der Waals surface area contributed by atoms with E-state index in [0.717, 1.165) is 11.1 Å². The molecule has 1 amide bonds. The summed E-state index contributed by atoms with van der Waals surface area (Å²) < 4.78 is 0. The van der Waals surface area contributed by atoms with Crippen LogP contribution in [0.25, 0.3) is 0 Å². The van der Waals surface area contributed by atoms with Crippen LogP contribution in [0.4, 0.5) is 0 Å². The van der Waals surface area contributed by atoms with Crippen molar-refractivity contribution in [3.63, 3.8) is 0 Å². The molecular formula is C16H17CrNO. The number of amides is 1. The molecule has 2 aromatic carbocycles. The fourth-order valence-corrected chi connectivity index (χ4v) is 2.03. The van der Waals surface area contributed by atoms with Crippen molar-refractivity contribution in [2.24, 2.45) is 0 Å². The minimum atomic E-state index is -0.220. The van der Waals surface area contributed by atoms with Crippen molar-refractivity contribution >= 4 is 5.91 Å². The van der Waals surface area contributed by atoms with Gasteiger partial charge in [-0.1, -0.05) is 60.7 Å². The van der Waals surface area contributed by atoms with Gasteiger partial charge in [-0.2, -0.15) is 0 Å². The Kier molecular flexibility index (Phi) is 5.82.